The molecule has 3 aromatic rings. The van der Waals surface area contributed by atoms with Gasteiger partial charge in [0.2, 0.25) is 5.82 Å². The van der Waals surface area contributed by atoms with Crippen molar-refractivity contribution in [1.29, 1.82) is 0 Å². The smallest absolute Gasteiger partial charge is 0.263 e. The minimum atomic E-state index is -0.314. The highest BCUT2D eigenvalue weighted by Gasteiger charge is 2.09. The van der Waals surface area contributed by atoms with E-state index in [1.54, 1.807) is 0 Å². The fourth-order valence-corrected chi connectivity index (χ4v) is 2.60. The zero-order chi connectivity index (χ0) is 18.5. The molecule has 2 aromatic carbocycles. The van der Waals surface area contributed by atoms with Crippen LogP contribution in [0.5, 0.6) is 0 Å². The van der Waals surface area contributed by atoms with Gasteiger partial charge in [0.15, 0.2) is 0 Å². The minimum absolute atomic E-state index is 0.0521. The maximum Gasteiger partial charge on any atom is 0.263 e. The maximum absolute atomic E-state index is 12.1. The lowest BCUT2D eigenvalue weighted by molar-refractivity contribution is -0.122. The van der Waals surface area contributed by atoms with Crippen molar-refractivity contribution in [1.82, 2.24) is 25.6 Å². The number of hydrogen-bond acceptors (Lipinski definition) is 5. The summed E-state index contributed by atoms with van der Waals surface area (Å²) in [6.07, 6.45) is 0. The van der Waals surface area contributed by atoms with Crippen molar-refractivity contribution in [2.45, 2.75) is 27.3 Å². The fourth-order valence-electron chi connectivity index (χ4n) is 2.60. The molecule has 26 heavy (non-hydrogen) atoms. The molecule has 0 atom stereocenters. The maximum atomic E-state index is 12.1. The Balaban J connectivity index is 1.63. The van der Waals surface area contributed by atoms with Crippen LogP contribution in [0.2, 0.25) is 0 Å². The van der Waals surface area contributed by atoms with Gasteiger partial charge >= 0.3 is 0 Å². The first-order valence-electron chi connectivity index (χ1n) is 8.27. The summed E-state index contributed by atoms with van der Waals surface area (Å²) in [7, 11) is 0. The number of tetrazole rings is 1. The molecular weight excluding hydrogens is 328 g/mol. The van der Waals surface area contributed by atoms with Crippen molar-refractivity contribution in [3.8, 4) is 11.4 Å². The molecule has 3 rings (SSSR count). The van der Waals surface area contributed by atoms with Gasteiger partial charge in [-0.05, 0) is 31.5 Å². The quantitative estimate of drug-likeness (QED) is 0.567. The second kappa shape index (κ2) is 7.69. The average Bonchev–Trinajstić information content (AvgIpc) is 3.09. The van der Waals surface area contributed by atoms with Crippen molar-refractivity contribution in [3.63, 3.8) is 0 Å². The first-order valence-corrected chi connectivity index (χ1v) is 8.27. The second-order valence-electron chi connectivity index (χ2n) is 6.06. The van der Waals surface area contributed by atoms with Gasteiger partial charge in [-0.3, -0.25) is 4.79 Å². The van der Waals surface area contributed by atoms with E-state index in [0.29, 0.717) is 5.82 Å². The molecule has 0 aliphatic heterocycles. The zero-order valence-electron chi connectivity index (χ0n) is 15.0. The normalized spacial score (nSPS) is 11.4. The average molecular weight is 348 g/mol. The van der Waals surface area contributed by atoms with Crippen LogP contribution in [0.1, 0.15) is 23.6 Å². The van der Waals surface area contributed by atoms with Crippen molar-refractivity contribution >= 4 is 11.6 Å². The van der Waals surface area contributed by atoms with Crippen LogP contribution in [-0.4, -0.2) is 31.8 Å². The Morgan fingerprint density at radius 2 is 1.92 bits per heavy atom. The van der Waals surface area contributed by atoms with Gasteiger partial charge in [-0.2, -0.15) is 9.90 Å². The largest absolute Gasteiger partial charge is 0.271 e. The summed E-state index contributed by atoms with van der Waals surface area (Å²) in [5, 5.41) is 16.3. The predicted octanol–water partition coefficient (Wildman–Crippen LogP) is 2.50. The zero-order valence-corrected chi connectivity index (χ0v) is 15.0. The number of nitrogens with zero attached hydrogens (tertiary/aromatic N) is 5. The van der Waals surface area contributed by atoms with Crippen LogP contribution in [0.15, 0.2) is 53.6 Å². The Morgan fingerprint density at radius 1 is 1.15 bits per heavy atom. The van der Waals surface area contributed by atoms with Gasteiger partial charge in [0.05, 0.1) is 5.71 Å². The molecule has 0 unspecified atom stereocenters. The van der Waals surface area contributed by atoms with Gasteiger partial charge in [0, 0.05) is 11.1 Å². The predicted molar refractivity (Wildman–Crippen MR) is 99.5 cm³/mol. The number of rotatable bonds is 5. The molecule has 0 aliphatic rings. The molecule has 7 heteroatoms. The Bertz CT molecular complexity index is 946. The lowest BCUT2D eigenvalue weighted by Crippen LogP contribution is -2.25. The van der Waals surface area contributed by atoms with E-state index in [4.69, 9.17) is 0 Å². The van der Waals surface area contributed by atoms with Crippen molar-refractivity contribution in [2.75, 3.05) is 0 Å². The standard InChI is InChI=1S/C19H20N6O/c1-13-9-10-17(14(2)11-13)15(3)20-21-18(26)12-25-23-19(22-24-25)16-7-5-4-6-8-16/h4-11H,12H2,1-3H3,(H,21,26)/b20-15-. The molecule has 1 N–H and O–H groups in total. The summed E-state index contributed by atoms with van der Waals surface area (Å²) in [5.74, 6) is 0.166. The molecular formula is C19H20N6O. The molecule has 0 fully saturated rings. The number of hydrazone groups is 1. The van der Waals surface area contributed by atoms with Crippen molar-refractivity contribution < 1.29 is 4.79 Å². The number of aromatic nitrogens is 4. The Kier molecular flexibility index (Phi) is 5.17. The molecule has 0 spiro atoms. The molecule has 132 valence electrons. The second-order valence-corrected chi connectivity index (χ2v) is 6.06. The summed E-state index contributed by atoms with van der Waals surface area (Å²) in [4.78, 5) is 13.3. The van der Waals surface area contributed by atoms with E-state index >= 15 is 0 Å². The number of hydrogen-bond donors (Lipinski definition) is 1. The summed E-state index contributed by atoms with van der Waals surface area (Å²) >= 11 is 0. The van der Waals surface area contributed by atoms with Crippen LogP contribution in [-0.2, 0) is 11.3 Å². The molecule has 1 aromatic heterocycles. The van der Waals surface area contributed by atoms with Crippen molar-refractivity contribution in [3.05, 3.63) is 65.2 Å². The van der Waals surface area contributed by atoms with Crippen LogP contribution in [0.25, 0.3) is 11.4 Å². The van der Waals surface area contributed by atoms with E-state index in [9.17, 15) is 4.79 Å². The third-order valence-corrected chi connectivity index (χ3v) is 3.89. The number of aryl methyl sites for hydroxylation is 2. The summed E-state index contributed by atoms with van der Waals surface area (Å²) in [6.45, 7) is 5.87. The van der Waals surface area contributed by atoms with Crippen LogP contribution >= 0.6 is 0 Å². The Hall–Kier alpha value is -3.35. The van der Waals surface area contributed by atoms with Gasteiger partial charge in [-0.25, -0.2) is 5.43 Å². The van der Waals surface area contributed by atoms with E-state index in [2.05, 4.69) is 32.0 Å². The number of carbonyl (C=O) groups is 1. The van der Waals surface area contributed by atoms with Crippen molar-refractivity contribution in [2.24, 2.45) is 5.10 Å². The summed E-state index contributed by atoms with van der Waals surface area (Å²) in [5.41, 5.74) is 7.44. The lowest BCUT2D eigenvalue weighted by Gasteiger charge is -2.07. The van der Waals surface area contributed by atoms with E-state index in [1.165, 1.54) is 10.4 Å². The highest BCUT2D eigenvalue weighted by atomic mass is 16.2. The van der Waals surface area contributed by atoms with Gasteiger partial charge in [0.25, 0.3) is 5.91 Å². The minimum Gasteiger partial charge on any atom is -0.271 e. The highest BCUT2D eigenvalue weighted by molar-refractivity contribution is 6.00. The lowest BCUT2D eigenvalue weighted by atomic mass is 10.0. The topological polar surface area (TPSA) is 85.1 Å². The number of nitrogens with one attached hydrogen (secondary N) is 1. The molecule has 0 saturated carbocycles. The SMILES string of the molecule is C/C(=N/NC(=O)Cn1nnc(-c2ccccc2)n1)c1ccc(C)cc1C. The first kappa shape index (κ1) is 17.5. The molecule has 1 amide bonds. The number of carbonyl (C=O) groups excluding carboxylic acids is 1. The summed E-state index contributed by atoms with van der Waals surface area (Å²) in [6, 6.07) is 15.6. The van der Waals surface area contributed by atoms with Crippen LogP contribution in [0.4, 0.5) is 0 Å². The first-order chi connectivity index (χ1) is 12.5. The number of amides is 1. The monoisotopic (exact) mass is 348 g/mol. The fraction of sp³-hybridized carbons (Fsp3) is 0.211. The van der Waals surface area contributed by atoms with Gasteiger partial charge in [-0.1, -0.05) is 54.1 Å². The van der Waals surface area contributed by atoms with Gasteiger partial charge in [0.1, 0.15) is 6.54 Å². The molecule has 7 nitrogen and oxygen atoms in total. The highest BCUT2D eigenvalue weighted by Crippen LogP contribution is 2.12. The third-order valence-electron chi connectivity index (χ3n) is 3.89. The summed E-state index contributed by atoms with van der Waals surface area (Å²) < 4.78 is 0. The van der Waals surface area contributed by atoms with E-state index < -0.39 is 0 Å². The van der Waals surface area contributed by atoms with E-state index in [1.807, 2.05) is 63.2 Å². The van der Waals surface area contributed by atoms with E-state index in [0.717, 1.165) is 22.4 Å². The molecule has 0 aliphatic carbocycles. The number of benzene rings is 2. The third kappa shape index (κ3) is 4.18. The Labute approximate surface area is 151 Å². The molecule has 1 heterocycles. The molecule has 0 saturated heterocycles. The van der Waals surface area contributed by atoms with Crippen LogP contribution < -0.4 is 5.43 Å². The van der Waals surface area contributed by atoms with Gasteiger partial charge in [-0.15, -0.1) is 10.2 Å². The molecule has 0 bridgehead atoms. The van der Waals surface area contributed by atoms with Gasteiger partial charge < -0.3 is 0 Å². The van der Waals surface area contributed by atoms with Crippen LogP contribution in [0, 0.1) is 13.8 Å². The van der Waals surface area contributed by atoms with E-state index in [-0.39, 0.29) is 12.5 Å². The Morgan fingerprint density at radius 3 is 2.65 bits per heavy atom. The van der Waals surface area contributed by atoms with Crippen LogP contribution in [0.3, 0.4) is 0 Å². The molecule has 0 radical (unpaired) electrons.